The van der Waals surface area contributed by atoms with Crippen molar-refractivity contribution in [2.24, 2.45) is 17.8 Å². The molecule has 0 saturated heterocycles. The van der Waals surface area contributed by atoms with Gasteiger partial charge in [0, 0.05) is 16.7 Å². The monoisotopic (exact) mass is 432 g/mol. The number of allylic oxidation sites excluding steroid dienone is 4. The first-order valence-electron chi connectivity index (χ1n) is 12.6. The van der Waals surface area contributed by atoms with Crippen LogP contribution >= 0.6 is 0 Å². The first-order chi connectivity index (χ1) is 14.4. The molecule has 0 aromatic rings. The summed E-state index contributed by atoms with van der Waals surface area (Å²) in [6.45, 7) is 14.6. The highest BCUT2D eigenvalue weighted by molar-refractivity contribution is 6.22. The third kappa shape index (κ3) is 10.8. The van der Waals surface area contributed by atoms with Gasteiger partial charge in [-0.05, 0) is 63.9 Å². The number of aliphatic hydroxyl groups is 1. The Balaban J connectivity index is 2.25. The van der Waals surface area contributed by atoms with Crippen LogP contribution in [0.15, 0.2) is 22.8 Å². The van der Waals surface area contributed by atoms with Gasteiger partial charge in [-0.1, -0.05) is 79.1 Å². The Kier molecular flexibility index (Phi) is 12.0. The molecular weight excluding hydrogens is 384 g/mol. The van der Waals surface area contributed by atoms with Crippen LogP contribution in [0.25, 0.3) is 0 Å². The molecule has 1 N–H and O–H groups in total. The lowest BCUT2D eigenvalue weighted by Crippen LogP contribution is -2.26. The molecule has 0 aromatic carbocycles. The molecule has 0 aliphatic heterocycles. The van der Waals surface area contributed by atoms with E-state index in [0.717, 1.165) is 31.1 Å². The van der Waals surface area contributed by atoms with Crippen LogP contribution in [0, 0.1) is 17.8 Å². The summed E-state index contributed by atoms with van der Waals surface area (Å²) in [6.07, 6.45) is 13.3. The maximum Gasteiger partial charge on any atom is 0.185 e. The zero-order chi connectivity index (χ0) is 23.6. The van der Waals surface area contributed by atoms with Gasteiger partial charge in [0.25, 0.3) is 0 Å². The summed E-state index contributed by atoms with van der Waals surface area (Å²) in [5.74, 6) is 2.22. The molecule has 3 nitrogen and oxygen atoms in total. The molecule has 1 aliphatic carbocycles. The van der Waals surface area contributed by atoms with Crippen molar-refractivity contribution in [3.63, 3.8) is 0 Å². The normalized spacial score (nSPS) is 18.9. The van der Waals surface area contributed by atoms with E-state index in [0.29, 0.717) is 35.5 Å². The predicted octanol–water partition coefficient (Wildman–Crippen LogP) is 7.37. The van der Waals surface area contributed by atoms with Gasteiger partial charge in [-0.2, -0.15) is 0 Å². The second-order valence-corrected chi connectivity index (χ2v) is 11.0. The van der Waals surface area contributed by atoms with Gasteiger partial charge in [-0.3, -0.25) is 9.59 Å². The van der Waals surface area contributed by atoms with E-state index in [1.165, 1.54) is 44.6 Å². The van der Waals surface area contributed by atoms with E-state index in [-0.39, 0.29) is 11.6 Å². The third-order valence-electron chi connectivity index (χ3n) is 7.09. The number of carbonyl (C=O) groups is 2. The maximum absolute atomic E-state index is 12.4. The molecule has 1 aliphatic rings. The number of hydrogen-bond donors (Lipinski definition) is 1. The van der Waals surface area contributed by atoms with Gasteiger partial charge < -0.3 is 5.11 Å². The Labute approximate surface area is 191 Å². The fraction of sp³-hybridized carbons (Fsp3) is 0.786. The lowest BCUT2D eigenvalue weighted by atomic mass is 9.84. The van der Waals surface area contributed by atoms with Gasteiger partial charge in [0.15, 0.2) is 11.6 Å². The van der Waals surface area contributed by atoms with Crippen molar-refractivity contribution in [3.05, 3.63) is 22.8 Å². The largest absolute Gasteiger partial charge is 0.390 e. The molecule has 178 valence electrons. The molecule has 0 heterocycles. The van der Waals surface area contributed by atoms with Crippen molar-refractivity contribution in [3.8, 4) is 0 Å². The highest BCUT2D eigenvalue weighted by Gasteiger charge is 2.26. The minimum atomic E-state index is -0.793. The van der Waals surface area contributed by atoms with Crippen molar-refractivity contribution in [1.29, 1.82) is 0 Å². The van der Waals surface area contributed by atoms with E-state index >= 15 is 0 Å². The molecule has 3 atom stereocenters. The van der Waals surface area contributed by atoms with Crippen LogP contribution in [0.5, 0.6) is 0 Å². The number of hydrogen-bond acceptors (Lipinski definition) is 3. The van der Waals surface area contributed by atoms with Crippen molar-refractivity contribution in [2.75, 3.05) is 0 Å². The predicted molar refractivity (Wildman–Crippen MR) is 131 cm³/mol. The lowest BCUT2D eigenvalue weighted by Gasteiger charge is -2.25. The summed E-state index contributed by atoms with van der Waals surface area (Å²) in [5.41, 5.74) is 0.841. The van der Waals surface area contributed by atoms with Gasteiger partial charge in [-0.15, -0.1) is 0 Å². The first-order valence-corrected chi connectivity index (χ1v) is 12.6. The molecule has 31 heavy (non-hydrogen) atoms. The molecular formula is C28H48O3. The Hall–Kier alpha value is -1.22. The van der Waals surface area contributed by atoms with Gasteiger partial charge in [0.1, 0.15) is 0 Å². The Morgan fingerprint density at radius 2 is 1.32 bits per heavy atom. The van der Waals surface area contributed by atoms with Crippen LogP contribution in [-0.2, 0) is 9.59 Å². The minimum Gasteiger partial charge on any atom is -0.390 e. The van der Waals surface area contributed by atoms with E-state index < -0.39 is 5.60 Å². The van der Waals surface area contributed by atoms with Crippen LogP contribution < -0.4 is 0 Å². The summed E-state index contributed by atoms with van der Waals surface area (Å²) < 4.78 is 0. The average molecular weight is 433 g/mol. The molecule has 0 amide bonds. The topological polar surface area (TPSA) is 54.4 Å². The summed E-state index contributed by atoms with van der Waals surface area (Å²) >= 11 is 0. The molecule has 0 bridgehead atoms. The molecule has 0 radical (unpaired) electrons. The highest BCUT2D eigenvalue weighted by Crippen LogP contribution is 2.28. The second kappa shape index (κ2) is 13.4. The first kappa shape index (κ1) is 27.8. The van der Waals surface area contributed by atoms with Crippen LogP contribution in [-0.4, -0.2) is 22.3 Å². The van der Waals surface area contributed by atoms with E-state index in [9.17, 15) is 14.7 Å². The molecule has 0 aromatic heterocycles. The van der Waals surface area contributed by atoms with E-state index in [4.69, 9.17) is 0 Å². The second-order valence-electron chi connectivity index (χ2n) is 11.0. The van der Waals surface area contributed by atoms with Gasteiger partial charge in [-0.25, -0.2) is 0 Å². The molecule has 0 unspecified atom stereocenters. The fourth-order valence-electron chi connectivity index (χ4n) is 4.45. The Morgan fingerprint density at radius 3 is 1.87 bits per heavy atom. The Bertz CT molecular complexity index is 651. The summed E-state index contributed by atoms with van der Waals surface area (Å²) in [6, 6.07) is 0. The SMILES string of the molecule is CC1=C(C)C(=O)C(CC[C@@](C)(O)CCC[C@H](C)CCC[C@H](C)CCCC(C)C)=CC1=O. The number of carbonyl (C=O) groups excluding carboxylic acids is 2. The highest BCUT2D eigenvalue weighted by atomic mass is 16.3. The third-order valence-corrected chi connectivity index (χ3v) is 7.09. The van der Waals surface area contributed by atoms with E-state index in [1.807, 2.05) is 6.92 Å². The molecule has 0 saturated carbocycles. The van der Waals surface area contributed by atoms with Crippen LogP contribution in [0.1, 0.15) is 119 Å². The summed E-state index contributed by atoms with van der Waals surface area (Å²) in [5, 5.41) is 10.8. The zero-order valence-electron chi connectivity index (χ0n) is 21.4. The van der Waals surface area contributed by atoms with E-state index in [1.54, 1.807) is 13.8 Å². The van der Waals surface area contributed by atoms with Gasteiger partial charge in [0.2, 0.25) is 0 Å². The van der Waals surface area contributed by atoms with Crippen LogP contribution in [0.4, 0.5) is 0 Å². The molecule has 0 spiro atoms. The van der Waals surface area contributed by atoms with Crippen LogP contribution in [0.3, 0.4) is 0 Å². The average Bonchev–Trinajstić information content (AvgIpc) is 2.67. The fourth-order valence-corrected chi connectivity index (χ4v) is 4.45. The summed E-state index contributed by atoms with van der Waals surface area (Å²) in [4.78, 5) is 24.4. The van der Waals surface area contributed by atoms with E-state index in [2.05, 4.69) is 27.7 Å². The number of ketones is 2. The smallest absolute Gasteiger partial charge is 0.185 e. The lowest BCUT2D eigenvalue weighted by molar-refractivity contribution is -0.116. The van der Waals surface area contributed by atoms with Crippen molar-refractivity contribution in [1.82, 2.24) is 0 Å². The Morgan fingerprint density at radius 1 is 0.806 bits per heavy atom. The molecule has 3 heteroatoms. The number of Topliss-reactive ketones (excluding diaryl/α,β-unsaturated/α-hetero) is 1. The molecule has 0 fully saturated rings. The minimum absolute atomic E-state index is 0.0417. The van der Waals surface area contributed by atoms with Crippen molar-refractivity contribution < 1.29 is 14.7 Å². The maximum atomic E-state index is 12.4. The molecule has 1 rings (SSSR count). The zero-order valence-corrected chi connectivity index (χ0v) is 21.4. The summed E-state index contributed by atoms with van der Waals surface area (Å²) in [7, 11) is 0. The van der Waals surface area contributed by atoms with Crippen molar-refractivity contribution >= 4 is 11.6 Å². The number of rotatable bonds is 15. The van der Waals surface area contributed by atoms with Crippen molar-refractivity contribution in [2.45, 2.75) is 125 Å². The quantitative estimate of drug-likeness (QED) is 0.275. The van der Waals surface area contributed by atoms with Crippen LogP contribution in [0.2, 0.25) is 0 Å². The van der Waals surface area contributed by atoms with Gasteiger partial charge in [0.05, 0.1) is 5.60 Å². The van der Waals surface area contributed by atoms with Gasteiger partial charge >= 0.3 is 0 Å². The standard InChI is InChI=1S/C28H48O3/c1-20(2)11-8-12-21(3)13-9-14-22(4)15-10-17-28(7,31)18-16-25-19-26(29)23(5)24(6)27(25)30/h19-22,31H,8-18H2,1-7H3/t21-,22-,28+/m1/s1.